The number of fused-ring (bicyclic) bond motifs is 1. The van der Waals surface area contributed by atoms with E-state index in [4.69, 9.17) is 15.6 Å². The number of aromatic amines is 1. The van der Waals surface area contributed by atoms with Gasteiger partial charge >= 0.3 is 0 Å². The van der Waals surface area contributed by atoms with E-state index in [1.54, 1.807) is 43.0 Å². The van der Waals surface area contributed by atoms with E-state index in [-0.39, 0.29) is 11.7 Å². The molecule has 0 fully saturated rings. The Morgan fingerprint density at radius 2 is 2.04 bits per heavy atom. The number of H-pyrrole nitrogens is 1. The summed E-state index contributed by atoms with van der Waals surface area (Å²) in [5.41, 5.74) is 8.41. The molecule has 0 spiro atoms. The molecule has 0 bridgehead atoms. The maximum absolute atomic E-state index is 12.6. The number of aromatic nitrogens is 2. The van der Waals surface area contributed by atoms with Gasteiger partial charge in [-0.25, -0.2) is 0 Å². The van der Waals surface area contributed by atoms with Crippen LogP contribution in [0.15, 0.2) is 65.6 Å². The van der Waals surface area contributed by atoms with Gasteiger partial charge in [-0.15, -0.1) is 0 Å². The number of benzene rings is 2. The molecule has 7 heteroatoms. The van der Waals surface area contributed by atoms with E-state index in [2.05, 4.69) is 15.5 Å². The van der Waals surface area contributed by atoms with Crippen molar-refractivity contribution in [3.05, 3.63) is 72.3 Å². The molecule has 0 saturated heterocycles. The maximum Gasteiger partial charge on any atom is 0.256 e. The predicted molar refractivity (Wildman–Crippen MR) is 99.2 cm³/mol. The molecule has 0 aliphatic rings. The molecule has 5 N–H and O–H groups in total. The molecule has 7 nitrogen and oxygen atoms in total. The number of nitrogens with zero attached hydrogens (tertiary/aromatic N) is 1. The molecule has 0 radical (unpaired) electrons. The van der Waals surface area contributed by atoms with Crippen molar-refractivity contribution >= 4 is 28.3 Å². The van der Waals surface area contributed by atoms with E-state index in [1.165, 1.54) is 0 Å². The molecule has 0 aliphatic carbocycles. The number of hydrogen-bond acceptors (Lipinski definition) is 4. The number of nitrogens with two attached hydrogens (primary N) is 1. The first kappa shape index (κ1) is 15.6. The summed E-state index contributed by atoms with van der Waals surface area (Å²) in [6.07, 6.45) is 4.76. The molecule has 4 rings (SSSR count). The third-order valence-corrected chi connectivity index (χ3v) is 4.11. The predicted octanol–water partition coefficient (Wildman–Crippen LogP) is 3.36. The number of hydrogen-bond donors (Lipinski definition) is 4. The number of furan rings is 1. The second-order valence-electron chi connectivity index (χ2n) is 5.81. The van der Waals surface area contributed by atoms with Crippen LogP contribution in [-0.2, 0) is 0 Å². The van der Waals surface area contributed by atoms with Gasteiger partial charge in [0.15, 0.2) is 0 Å². The minimum absolute atomic E-state index is 0.00823. The summed E-state index contributed by atoms with van der Waals surface area (Å²) in [5.74, 6) is 0.259. The lowest BCUT2D eigenvalue weighted by molar-refractivity contribution is 0.102. The number of carbonyl (C=O) groups excluding carboxylic acids is 1. The van der Waals surface area contributed by atoms with Gasteiger partial charge in [0.05, 0.1) is 18.7 Å². The normalized spacial score (nSPS) is 10.8. The SMILES string of the molecule is N=C(N)c1ccc2cc(C(=O)Nc3ccn[nH]3)cc(-c3ccoc3)c2c1. The molecule has 26 heavy (non-hydrogen) atoms. The summed E-state index contributed by atoms with van der Waals surface area (Å²) in [5, 5.41) is 18.7. The average molecular weight is 345 g/mol. The highest BCUT2D eigenvalue weighted by Gasteiger charge is 2.14. The number of amides is 1. The van der Waals surface area contributed by atoms with Gasteiger partial charge in [-0.1, -0.05) is 12.1 Å². The number of nitrogens with one attached hydrogen (secondary N) is 3. The molecule has 2 aromatic heterocycles. The largest absolute Gasteiger partial charge is 0.472 e. The summed E-state index contributed by atoms with van der Waals surface area (Å²) in [4.78, 5) is 12.6. The van der Waals surface area contributed by atoms with E-state index in [1.807, 2.05) is 18.2 Å². The molecular formula is C19H15N5O2. The van der Waals surface area contributed by atoms with Crippen molar-refractivity contribution in [2.75, 3.05) is 5.32 Å². The highest BCUT2D eigenvalue weighted by atomic mass is 16.3. The van der Waals surface area contributed by atoms with E-state index >= 15 is 0 Å². The Hall–Kier alpha value is -3.87. The van der Waals surface area contributed by atoms with E-state index in [0.717, 1.165) is 21.9 Å². The van der Waals surface area contributed by atoms with Crippen LogP contribution in [0.4, 0.5) is 5.82 Å². The van der Waals surface area contributed by atoms with Crippen LogP contribution in [-0.4, -0.2) is 21.9 Å². The lowest BCUT2D eigenvalue weighted by Gasteiger charge is -2.11. The number of carbonyl (C=O) groups is 1. The van der Waals surface area contributed by atoms with Crippen molar-refractivity contribution in [2.24, 2.45) is 5.73 Å². The first-order valence-electron chi connectivity index (χ1n) is 7.87. The summed E-state index contributed by atoms with van der Waals surface area (Å²) < 4.78 is 5.20. The minimum atomic E-state index is -0.253. The van der Waals surface area contributed by atoms with Gasteiger partial charge in [0.1, 0.15) is 11.7 Å². The van der Waals surface area contributed by atoms with E-state index in [0.29, 0.717) is 16.9 Å². The molecule has 128 valence electrons. The molecule has 2 heterocycles. The van der Waals surface area contributed by atoms with Crippen LogP contribution in [0.25, 0.3) is 21.9 Å². The van der Waals surface area contributed by atoms with Gasteiger partial charge in [0.25, 0.3) is 5.91 Å². The molecule has 0 aliphatic heterocycles. The first-order chi connectivity index (χ1) is 12.6. The lowest BCUT2D eigenvalue weighted by atomic mass is 9.95. The monoisotopic (exact) mass is 345 g/mol. The topological polar surface area (TPSA) is 121 Å². The summed E-state index contributed by atoms with van der Waals surface area (Å²) in [7, 11) is 0. The van der Waals surface area contributed by atoms with Gasteiger partial charge in [-0.05, 0) is 40.6 Å². The average Bonchev–Trinajstić information content (AvgIpc) is 3.34. The Kier molecular flexibility index (Phi) is 3.74. The molecular weight excluding hydrogens is 330 g/mol. The fourth-order valence-electron chi connectivity index (χ4n) is 2.83. The van der Waals surface area contributed by atoms with Crippen LogP contribution in [0.2, 0.25) is 0 Å². The van der Waals surface area contributed by atoms with Crippen LogP contribution in [0.1, 0.15) is 15.9 Å². The van der Waals surface area contributed by atoms with Crippen LogP contribution < -0.4 is 11.1 Å². The van der Waals surface area contributed by atoms with Crippen molar-refractivity contribution in [1.29, 1.82) is 5.41 Å². The first-order valence-corrected chi connectivity index (χ1v) is 7.87. The number of amidine groups is 1. The van der Waals surface area contributed by atoms with Gasteiger partial charge in [-0.2, -0.15) is 5.10 Å². The molecule has 0 saturated carbocycles. The van der Waals surface area contributed by atoms with Crippen LogP contribution in [0.5, 0.6) is 0 Å². The summed E-state index contributed by atoms with van der Waals surface area (Å²) in [6, 6.07) is 12.6. The molecule has 4 aromatic rings. The van der Waals surface area contributed by atoms with E-state index < -0.39 is 0 Å². The fourth-order valence-corrected chi connectivity index (χ4v) is 2.83. The number of nitrogen functional groups attached to an aromatic ring is 1. The minimum Gasteiger partial charge on any atom is -0.472 e. The quantitative estimate of drug-likeness (QED) is 0.335. The summed E-state index contributed by atoms with van der Waals surface area (Å²) >= 11 is 0. The van der Waals surface area contributed by atoms with Gasteiger partial charge in [0, 0.05) is 22.8 Å². The zero-order valence-electron chi connectivity index (χ0n) is 13.6. The number of rotatable bonds is 4. The molecule has 2 aromatic carbocycles. The van der Waals surface area contributed by atoms with Crippen molar-refractivity contribution in [1.82, 2.24) is 10.2 Å². The Morgan fingerprint density at radius 3 is 2.73 bits per heavy atom. The standard InChI is InChI=1S/C19H15N5O2/c20-18(21)12-2-1-11-7-14(19(25)23-17-3-5-22-24-17)9-16(15(11)8-12)13-4-6-26-10-13/h1-10H,(H3,20,21)(H2,22,23,24,25). The smallest absolute Gasteiger partial charge is 0.256 e. The summed E-state index contributed by atoms with van der Waals surface area (Å²) in [6.45, 7) is 0. The van der Waals surface area contributed by atoms with Gasteiger partial charge < -0.3 is 15.5 Å². The second kappa shape index (κ2) is 6.21. The Balaban J connectivity index is 1.86. The van der Waals surface area contributed by atoms with Crippen molar-refractivity contribution < 1.29 is 9.21 Å². The maximum atomic E-state index is 12.6. The van der Waals surface area contributed by atoms with E-state index in [9.17, 15) is 4.79 Å². The van der Waals surface area contributed by atoms with Crippen molar-refractivity contribution in [2.45, 2.75) is 0 Å². The number of anilines is 1. The van der Waals surface area contributed by atoms with Crippen molar-refractivity contribution in [3.63, 3.8) is 0 Å². The third kappa shape index (κ3) is 2.82. The Labute approximate surface area is 148 Å². The zero-order chi connectivity index (χ0) is 18.1. The molecule has 0 unspecified atom stereocenters. The second-order valence-corrected chi connectivity index (χ2v) is 5.81. The van der Waals surface area contributed by atoms with Crippen molar-refractivity contribution in [3.8, 4) is 11.1 Å². The molecule has 1 amide bonds. The third-order valence-electron chi connectivity index (χ3n) is 4.11. The highest BCUT2D eigenvalue weighted by Crippen LogP contribution is 2.31. The van der Waals surface area contributed by atoms with Crippen LogP contribution in [0.3, 0.4) is 0 Å². The Morgan fingerprint density at radius 1 is 1.15 bits per heavy atom. The Bertz CT molecular complexity index is 1100. The lowest BCUT2D eigenvalue weighted by Crippen LogP contribution is -2.13. The molecule has 0 atom stereocenters. The highest BCUT2D eigenvalue weighted by molar-refractivity contribution is 6.10. The van der Waals surface area contributed by atoms with Gasteiger partial charge in [-0.3, -0.25) is 15.3 Å². The van der Waals surface area contributed by atoms with Crippen LogP contribution in [0, 0.1) is 5.41 Å². The fraction of sp³-hybridized carbons (Fsp3) is 0. The zero-order valence-corrected chi connectivity index (χ0v) is 13.6. The van der Waals surface area contributed by atoms with Crippen LogP contribution >= 0.6 is 0 Å². The van der Waals surface area contributed by atoms with Gasteiger partial charge in [0.2, 0.25) is 0 Å².